The van der Waals surface area contributed by atoms with Gasteiger partial charge in [0.05, 0.1) is 54.3 Å². The minimum atomic E-state index is 0.840. The fraction of sp³-hybridized carbons (Fsp3) is 0.0357. The number of hydrogen-bond donors (Lipinski definition) is 0. The van der Waals surface area contributed by atoms with E-state index < -0.39 is 0 Å². The van der Waals surface area contributed by atoms with Crippen LogP contribution in [0.15, 0.2) is 83.3 Å². The zero-order valence-corrected chi connectivity index (χ0v) is 21.0. The fourth-order valence-electron chi connectivity index (χ4n) is 4.53. The second-order valence-corrected chi connectivity index (χ2v) is 10.9. The van der Waals surface area contributed by atoms with Gasteiger partial charge in [0.2, 0.25) is 0 Å². The van der Waals surface area contributed by atoms with Gasteiger partial charge in [-0.1, -0.05) is 18.2 Å². The highest BCUT2D eigenvalue weighted by Gasteiger charge is 2.18. The van der Waals surface area contributed by atoms with Crippen molar-refractivity contribution in [2.24, 2.45) is 0 Å². The smallest absolute Gasteiger partial charge is 0.134 e. The maximum atomic E-state index is 6.07. The average Bonchev–Trinajstić information content (AvgIpc) is 3.66. The molecule has 7 aromatic rings. The van der Waals surface area contributed by atoms with Gasteiger partial charge in [0.1, 0.15) is 5.75 Å². The van der Waals surface area contributed by atoms with Gasteiger partial charge in [-0.2, -0.15) is 0 Å². The molecule has 4 aromatic carbocycles. The summed E-state index contributed by atoms with van der Waals surface area (Å²) in [6.45, 7) is 0. The Balaban J connectivity index is 1.51. The summed E-state index contributed by atoms with van der Waals surface area (Å²) in [5.74, 6) is 0.840. The summed E-state index contributed by atoms with van der Waals surface area (Å²) in [4.78, 5) is 13.6. The molecule has 0 atom stereocenters. The molecule has 7 rings (SSSR count). The molecule has 0 aliphatic rings. The summed E-state index contributed by atoms with van der Waals surface area (Å²) in [5, 5.41) is 0. The number of benzene rings is 4. The zero-order chi connectivity index (χ0) is 23.4. The molecule has 0 spiro atoms. The summed E-state index contributed by atoms with van der Waals surface area (Å²) < 4.78 is 9.61. The Morgan fingerprint density at radius 1 is 0.514 bits per heavy atom. The molecule has 0 bridgehead atoms. The highest BCUT2D eigenvalue weighted by Crippen LogP contribution is 2.44. The quantitative estimate of drug-likeness (QED) is 0.239. The molecule has 0 amide bonds. The van der Waals surface area contributed by atoms with Gasteiger partial charge in [-0.3, -0.25) is 0 Å². The molecule has 3 aromatic heterocycles. The van der Waals surface area contributed by atoms with E-state index in [1.165, 1.54) is 14.1 Å². The largest absolute Gasteiger partial charge is 0.495 e. The van der Waals surface area contributed by atoms with Crippen molar-refractivity contribution in [1.29, 1.82) is 0 Å². The van der Waals surface area contributed by atoms with Crippen LogP contribution in [0.4, 0.5) is 0 Å². The first-order chi connectivity index (χ1) is 17.3. The molecule has 35 heavy (non-hydrogen) atoms. The van der Waals surface area contributed by atoms with E-state index in [4.69, 9.17) is 4.74 Å². The highest BCUT2D eigenvalue weighted by molar-refractivity contribution is 7.17. The van der Waals surface area contributed by atoms with Crippen molar-refractivity contribution in [3.05, 3.63) is 83.3 Å². The summed E-state index contributed by atoms with van der Waals surface area (Å²) >= 11 is 4.96. The maximum Gasteiger partial charge on any atom is 0.134 e. The fourth-order valence-corrected chi connectivity index (χ4v) is 6.51. The highest BCUT2D eigenvalue weighted by atomic mass is 32.1. The van der Waals surface area contributed by atoms with Crippen LogP contribution in [0.25, 0.3) is 64.0 Å². The van der Waals surface area contributed by atoms with E-state index >= 15 is 0 Å². The van der Waals surface area contributed by atoms with Gasteiger partial charge in [0, 0.05) is 11.1 Å². The Bertz CT molecular complexity index is 1770. The van der Waals surface area contributed by atoms with Gasteiger partial charge in [-0.25, -0.2) is 15.0 Å². The summed E-state index contributed by atoms with van der Waals surface area (Å²) in [7, 11) is 1.74. The third-order valence-corrected chi connectivity index (χ3v) is 8.67. The summed E-state index contributed by atoms with van der Waals surface area (Å²) in [6.07, 6.45) is 0. The molecule has 0 aliphatic carbocycles. The lowest BCUT2D eigenvalue weighted by atomic mass is 9.91. The summed E-state index contributed by atoms with van der Waals surface area (Å²) in [5.41, 5.74) is 15.1. The number of ether oxygens (including phenoxy) is 1. The first-order valence-electron chi connectivity index (χ1n) is 11.0. The van der Waals surface area contributed by atoms with E-state index in [0.29, 0.717) is 0 Å². The van der Waals surface area contributed by atoms with Crippen LogP contribution in [0.2, 0.25) is 0 Å². The van der Waals surface area contributed by atoms with Crippen molar-refractivity contribution in [2.75, 3.05) is 7.11 Å². The van der Waals surface area contributed by atoms with Gasteiger partial charge < -0.3 is 4.74 Å². The molecule has 0 radical (unpaired) electrons. The van der Waals surface area contributed by atoms with Crippen LogP contribution in [0.5, 0.6) is 5.75 Å². The first-order valence-corrected chi connectivity index (χ1v) is 13.6. The van der Waals surface area contributed by atoms with Crippen molar-refractivity contribution in [3.8, 4) is 39.1 Å². The third-order valence-electron chi connectivity index (χ3n) is 6.24. The van der Waals surface area contributed by atoms with Crippen LogP contribution >= 0.6 is 34.0 Å². The second-order valence-electron chi connectivity index (χ2n) is 8.21. The van der Waals surface area contributed by atoms with Crippen molar-refractivity contribution < 1.29 is 4.74 Å². The number of fused-ring (bicyclic) bond motifs is 3. The number of hydrogen-bond acceptors (Lipinski definition) is 7. The van der Waals surface area contributed by atoms with Crippen LogP contribution in [-0.4, -0.2) is 22.1 Å². The Labute approximate surface area is 213 Å². The molecule has 0 unspecified atom stereocenters. The van der Waals surface area contributed by atoms with E-state index in [-0.39, 0.29) is 0 Å². The molecule has 168 valence electrons. The molecule has 3 heterocycles. The Hall–Kier alpha value is -3.65. The third kappa shape index (κ3) is 3.51. The monoisotopic (exact) mass is 507 g/mol. The molecule has 0 saturated carbocycles. The van der Waals surface area contributed by atoms with Gasteiger partial charge in [-0.15, -0.1) is 34.0 Å². The van der Waals surface area contributed by atoms with Crippen molar-refractivity contribution >= 4 is 64.7 Å². The lowest BCUT2D eigenvalue weighted by molar-refractivity contribution is 0.418. The SMILES string of the molecule is COc1c(-c2ccc3scnc3c2)cc(-c2ccc3scnc3c2)cc1-c1ccc2scnc2c1. The van der Waals surface area contributed by atoms with Crippen LogP contribution < -0.4 is 4.74 Å². The number of aromatic nitrogens is 3. The van der Waals surface area contributed by atoms with E-state index in [1.54, 1.807) is 41.1 Å². The predicted octanol–water partition coefficient (Wildman–Crippen LogP) is 8.53. The van der Waals surface area contributed by atoms with E-state index in [2.05, 4.69) is 81.7 Å². The Kier molecular flexibility index (Phi) is 4.87. The number of nitrogens with zero attached hydrogens (tertiary/aromatic N) is 3. The van der Waals surface area contributed by atoms with Crippen molar-refractivity contribution in [1.82, 2.24) is 15.0 Å². The first kappa shape index (κ1) is 20.7. The zero-order valence-electron chi connectivity index (χ0n) is 18.6. The lowest BCUT2D eigenvalue weighted by Gasteiger charge is -2.17. The topological polar surface area (TPSA) is 47.9 Å². The van der Waals surface area contributed by atoms with E-state index in [1.807, 2.05) is 16.5 Å². The Morgan fingerprint density at radius 2 is 0.943 bits per heavy atom. The molecule has 4 nitrogen and oxygen atoms in total. The van der Waals surface area contributed by atoms with Crippen LogP contribution in [0, 0.1) is 0 Å². The van der Waals surface area contributed by atoms with Crippen molar-refractivity contribution in [2.45, 2.75) is 0 Å². The number of rotatable bonds is 4. The van der Waals surface area contributed by atoms with Crippen LogP contribution in [-0.2, 0) is 0 Å². The minimum absolute atomic E-state index is 0.840. The van der Waals surface area contributed by atoms with E-state index in [9.17, 15) is 0 Å². The molecule has 0 fully saturated rings. The standard InChI is InChI=1S/C28H17N3OS3/c1-32-28-20(17-3-6-26-23(11-17)30-14-34-26)8-19(16-2-5-25-22(10-16)29-13-33-25)9-21(28)18-4-7-27-24(12-18)31-15-35-27/h2-15H,1H3. The normalized spacial score (nSPS) is 11.6. The van der Waals surface area contributed by atoms with Gasteiger partial charge in [-0.05, 0) is 70.8 Å². The van der Waals surface area contributed by atoms with E-state index in [0.717, 1.165) is 55.7 Å². The van der Waals surface area contributed by atoms with Gasteiger partial charge in [0.15, 0.2) is 0 Å². The minimum Gasteiger partial charge on any atom is -0.495 e. The second kappa shape index (κ2) is 8.23. The maximum absolute atomic E-state index is 6.07. The van der Waals surface area contributed by atoms with Crippen LogP contribution in [0.1, 0.15) is 0 Å². The van der Waals surface area contributed by atoms with Crippen molar-refractivity contribution in [3.63, 3.8) is 0 Å². The molecule has 0 saturated heterocycles. The lowest BCUT2D eigenvalue weighted by Crippen LogP contribution is -1.94. The molecule has 0 aliphatic heterocycles. The molecule has 0 N–H and O–H groups in total. The number of thiazole rings is 3. The average molecular weight is 508 g/mol. The van der Waals surface area contributed by atoms with Crippen LogP contribution in [0.3, 0.4) is 0 Å². The van der Waals surface area contributed by atoms with Gasteiger partial charge in [0.25, 0.3) is 0 Å². The molecular weight excluding hydrogens is 491 g/mol. The van der Waals surface area contributed by atoms with Gasteiger partial charge >= 0.3 is 0 Å². The molecule has 7 heteroatoms. The predicted molar refractivity (Wildman–Crippen MR) is 149 cm³/mol. The number of methoxy groups -OCH3 is 1. The summed E-state index contributed by atoms with van der Waals surface area (Å²) in [6, 6.07) is 23.8. The Morgan fingerprint density at radius 3 is 1.40 bits per heavy atom. The molecular formula is C28H17N3OS3.